The third-order valence-corrected chi connectivity index (χ3v) is 9.53. The van der Waals surface area contributed by atoms with Gasteiger partial charge in [-0.15, -0.1) is 0 Å². The van der Waals surface area contributed by atoms with E-state index in [-0.39, 0.29) is 12.0 Å². The van der Waals surface area contributed by atoms with Crippen LogP contribution in [0.25, 0.3) is 0 Å². The molecule has 0 aliphatic carbocycles. The zero-order chi connectivity index (χ0) is 23.3. The predicted octanol–water partition coefficient (Wildman–Crippen LogP) is 3.54. The number of aryl methyl sites for hydroxylation is 3. The number of hydrogen-bond acceptors (Lipinski definition) is 3. The molecule has 5 heteroatoms. The highest BCUT2D eigenvalue weighted by Crippen LogP contribution is 2.14. The maximum absolute atomic E-state index is 13.1. The summed E-state index contributed by atoms with van der Waals surface area (Å²) in [4.78, 5) is 24.2. The molecule has 0 aromatic heterocycles. The third kappa shape index (κ3) is 5.06. The van der Waals surface area contributed by atoms with Crippen molar-refractivity contribution in [2.45, 2.75) is 34.1 Å². The molecule has 1 N–H and O–H groups in total. The van der Waals surface area contributed by atoms with Gasteiger partial charge >= 0.3 is 14.3 Å². The van der Waals surface area contributed by atoms with E-state index >= 15 is 0 Å². The van der Waals surface area contributed by atoms with Crippen LogP contribution in [0.4, 0.5) is 0 Å². The fourth-order valence-electron chi connectivity index (χ4n) is 3.58. The fraction of sp³-hybridized carbons (Fsp3) is 0.185. The van der Waals surface area contributed by atoms with Crippen LogP contribution in [0, 0.1) is 20.8 Å². The van der Waals surface area contributed by atoms with Crippen LogP contribution in [-0.2, 0) is 14.0 Å². The molecule has 0 bridgehead atoms. The topological polar surface area (TPSA) is 63.6 Å². The van der Waals surface area contributed by atoms with E-state index in [1.807, 2.05) is 93.6 Å². The lowest BCUT2D eigenvalue weighted by molar-refractivity contribution is -0.133. The van der Waals surface area contributed by atoms with Crippen LogP contribution in [0.3, 0.4) is 0 Å². The van der Waals surface area contributed by atoms with Crippen molar-refractivity contribution in [1.29, 1.82) is 0 Å². The highest BCUT2D eigenvalue weighted by molar-refractivity contribution is 7.07. The number of benzene rings is 3. The van der Waals surface area contributed by atoms with Crippen LogP contribution in [0.1, 0.15) is 30.0 Å². The Morgan fingerprint density at radius 3 is 1.41 bits per heavy atom. The lowest BCUT2D eigenvalue weighted by Gasteiger charge is -2.32. The van der Waals surface area contributed by atoms with E-state index in [0.29, 0.717) is 0 Å². The van der Waals surface area contributed by atoms with Crippen molar-refractivity contribution in [3.8, 4) is 0 Å². The number of aliphatic carboxylic acids is 1. The third-order valence-electron chi connectivity index (χ3n) is 5.55. The summed E-state index contributed by atoms with van der Waals surface area (Å²) < 4.78 is 6.41. The van der Waals surface area contributed by atoms with E-state index in [2.05, 4.69) is 0 Å². The van der Waals surface area contributed by atoms with Gasteiger partial charge in [0.05, 0.1) is 6.42 Å². The largest absolute Gasteiger partial charge is 0.505 e. The highest BCUT2D eigenvalue weighted by atomic mass is 28.4. The molecule has 0 spiro atoms. The monoisotopic (exact) mass is 444 g/mol. The summed E-state index contributed by atoms with van der Waals surface area (Å²) in [6.45, 7) is 7.54. The molecule has 32 heavy (non-hydrogen) atoms. The van der Waals surface area contributed by atoms with Crippen LogP contribution in [0.5, 0.6) is 0 Å². The smallest absolute Gasteiger partial charge is 0.350 e. The minimum absolute atomic E-state index is 0.101. The fourth-order valence-corrected chi connectivity index (χ4v) is 7.26. The van der Waals surface area contributed by atoms with Gasteiger partial charge in [-0.05, 0) is 43.3 Å². The molecule has 0 saturated heterocycles. The first-order valence-electron chi connectivity index (χ1n) is 10.6. The van der Waals surface area contributed by atoms with Gasteiger partial charge in [-0.3, -0.25) is 4.79 Å². The molecule has 0 aliphatic rings. The maximum Gasteiger partial charge on any atom is 0.350 e. The summed E-state index contributed by atoms with van der Waals surface area (Å²) >= 11 is 0. The summed E-state index contributed by atoms with van der Waals surface area (Å²) in [6, 6.07) is 24.4. The summed E-state index contributed by atoms with van der Waals surface area (Å²) in [5.74, 6) is -1.49. The molecule has 3 rings (SSSR count). The number of carbonyl (C=O) groups excluding carboxylic acids is 1. The van der Waals surface area contributed by atoms with E-state index < -0.39 is 20.3 Å². The summed E-state index contributed by atoms with van der Waals surface area (Å²) in [7, 11) is -3.18. The average molecular weight is 445 g/mol. The minimum Gasteiger partial charge on any atom is -0.505 e. The maximum atomic E-state index is 13.1. The first-order valence-corrected chi connectivity index (χ1v) is 12.5. The van der Waals surface area contributed by atoms with Crippen molar-refractivity contribution in [1.82, 2.24) is 0 Å². The Morgan fingerprint density at radius 2 is 1.09 bits per heavy atom. The van der Waals surface area contributed by atoms with E-state index in [0.717, 1.165) is 32.3 Å². The van der Waals surface area contributed by atoms with Gasteiger partial charge in [-0.25, -0.2) is 4.79 Å². The zero-order valence-corrected chi connectivity index (χ0v) is 19.9. The molecule has 4 nitrogen and oxygen atoms in total. The van der Waals surface area contributed by atoms with Crippen molar-refractivity contribution >= 4 is 35.8 Å². The first kappa shape index (κ1) is 23.2. The average Bonchev–Trinajstić information content (AvgIpc) is 2.77. The number of rotatable bonds is 7. The summed E-state index contributed by atoms with van der Waals surface area (Å²) in [5, 5.41) is 12.0. The van der Waals surface area contributed by atoms with Gasteiger partial charge in [-0.2, -0.15) is 0 Å². The second-order valence-corrected chi connectivity index (χ2v) is 11.4. The lowest BCUT2D eigenvalue weighted by Crippen LogP contribution is -2.70. The molecule has 164 valence electrons. The van der Waals surface area contributed by atoms with Crippen molar-refractivity contribution < 1.29 is 19.1 Å². The second-order valence-electron chi connectivity index (χ2n) is 8.15. The van der Waals surface area contributed by atoms with Gasteiger partial charge in [-0.1, -0.05) is 95.6 Å². The Morgan fingerprint density at radius 1 is 0.750 bits per heavy atom. The second kappa shape index (κ2) is 9.79. The van der Waals surface area contributed by atoms with Crippen molar-refractivity contribution in [2.24, 2.45) is 0 Å². The number of carbonyl (C=O) groups is 2. The van der Waals surface area contributed by atoms with Crippen LogP contribution in [0.2, 0.25) is 0 Å². The zero-order valence-electron chi connectivity index (χ0n) is 18.9. The Bertz CT molecular complexity index is 1020. The van der Waals surface area contributed by atoms with Crippen molar-refractivity contribution in [2.75, 3.05) is 0 Å². The Kier molecular flexibility index (Phi) is 7.10. The standard InChI is InChI=1S/C27H28O4Si/c1-19-5-12-23(13-6-19)32(24-14-7-20(2)8-15-24,25-16-9-21(3)10-17-25)31-26(28)18-11-22(4)27(29)30/h5-17H,18H2,1-4H3,(H,29,30). The predicted molar refractivity (Wildman–Crippen MR) is 130 cm³/mol. The van der Waals surface area contributed by atoms with Crippen molar-refractivity contribution in [3.63, 3.8) is 0 Å². The molecule has 0 heterocycles. The molecule has 0 aliphatic heterocycles. The normalized spacial score (nSPS) is 11.8. The van der Waals surface area contributed by atoms with Gasteiger partial charge < -0.3 is 9.53 Å². The van der Waals surface area contributed by atoms with Crippen LogP contribution in [-0.4, -0.2) is 25.4 Å². The lowest BCUT2D eigenvalue weighted by atomic mass is 10.2. The van der Waals surface area contributed by atoms with Gasteiger partial charge in [0, 0.05) is 5.57 Å². The molecule has 3 aromatic carbocycles. The van der Waals surface area contributed by atoms with Gasteiger partial charge in [0.2, 0.25) is 0 Å². The summed E-state index contributed by atoms with van der Waals surface area (Å²) in [6.07, 6.45) is 1.31. The molecule has 0 saturated carbocycles. The van der Waals surface area contributed by atoms with Gasteiger partial charge in [0.15, 0.2) is 0 Å². The Labute approximate surface area is 190 Å². The molecule has 0 fully saturated rings. The molecule has 0 radical (unpaired) electrons. The molecule has 0 unspecified atom stereocenters. The number of carboxylic acids is 1. The molecule has 0 atom stereocenters. The van der Waals surface area contributed by atoms with E-state index in [4.69, 9.17) is 9.53 Å². The van der Waals surface area contributed by atoms with Crippen molar-refractivity contribution in [3.05, 3.63) is 101 Å². The summed E-state index contributed by atoms with van der Waals surface area (Å²) in [5.41, 5.74) is 3.48. The SMILES string of the molecule is CC(=CCC(=O)O[Si](c1ccc(C)cc1)(c1ccc(C)cc1)c1ccc(C)cc1)C(=O)O. The number of hydrogen-bond donors (Lipinski definition) is 1. The minimum atomic E-state index is -3.18. The molecule has 3 aromatic rings. The van der Waals surface area contributed by atoms with Crippen LogP contribution in [0.15, 0.2) is 84.4 Å². The highest BCUT2D eigenvalue weighted by Gasteiger charge is 2.45. The van der Waals surface area contributed by atoms with Crippen LogP contribution >= 0.6 is 0 Å². The quantitative estimate of drug-likeness (QED) is 0.344. The van der Waals surface area contributed by atoms with Crippen LogP contribution < -0.4 is 15.6 Å². The first-order chi connectivity index (χ1) is 15.2. The van der Waals surface area contributed by atoms with E-state index in [1.54, 1.807) is 0 Å². The van der Waals surface area contributed by atoms with E-state index in [9.17, 15) is 9.59 Å². The van der Waals surface area contributed by atoms with E-state index in [1.165, 1.54) is 13.0 Å². The Hall–Kier alpha value is -3.44. The number of carboxylic acid groups (broad SMARTS) is 1. The molecular formula is C27H28O4Si. The Balaban J connectivity index is 2.20. The molecular weight excluding hydrogens is 416 g/mol. The molecule has 0 amide bonds. The van der Waals surface area contributed by atoms with Gasteiger partial charge in [0.1, 0.15) is 0 Å². The van der Waals surface area contributed by atoms with Gasteiger partial charge in [0.25, 0.3) is 5.97 Å².